The molecule has 0 saturated carbocycles. The van der Waals surface area contributed by atoms with Gasteiger partial charge in [-0.3, -0.25) is 0 Å². The zero-order valence-corrected chi connectivity index (χ0v) is 16.3. The second-order valence-electron chi connectivity index (χ2n) is 5.94. The maximum Gasteiger partial charge on any atom is 0.338 e. The lowest BCUT2D eigenvalue weighted by molar-refractivity contribution is 0.0472. The van der Waals surface area contributed by atoms with Crippen LogP contribution in [-0.2, 0) is 22.7 Å². The third kappa shape index (κ3) is 5.17. The first-order chi connectivity index (χ1) is 13.5. The number of aromatic nitrogens is 1. The van der Waals surface area contributed by atoms with E-state index in [2.05, 4.69) is 9.72 Å². The molecule has 1 heterocycles. The van der Waals surface area contributed by atoms with E-state index in [9.17, 15) is 9.59 Å². The van der Waals surface area contributed by atoms with Crippen molar-refractivity contribution in [3.63, 3.8) is 0 Å². The lowest BCUT2D eigenvalue weighted by Crippen LogP contribution is -2.06. The molecule has 0 radical (unpaired) electrons. The van der Waals surface area contributed by atoms with Crippen LogP contribution in [0.3, 0.4) is 0 Å². The van der Waals surface area contributed by atoms with E-state index in [0.717, 1.165) is 10.7 Å². The van der Waals surface area contributed by atoms with Gasteiger partial charge in [-0.2, -0.15) is 0 Å². The van der Waals surface area contributed by atoms with Gasteiger partial charge in [-0.05, 0) is 48.9 Å². The smallest absolute Gasteiger partial charge is 0.338 e. The van der Waals surface area contributed by atoms with Gasteiger partial charge in [0.25, 0.3) is 0 Å². The summed E-state index contributed by atoms with van der Waals surface area (Å²) in [4.78, 5) is 28.1. The summed E-state index contributed by atoms with van der Waals surface area (Å²) in [7, 11) is 1.32. The maximum absolute atomic E-state index is 12.2. The third-order valence-corrected chi connectivity index (χ3v) is 4.68. The van der Waals surface area contributed by atoms with Gasteiger partial charge in [-0.25, -0.2) is 14.6 Å². The summed E-state index contributed by atoms with van der Waals surface area (Å²) in [5, 5.41) is 2.95. The van der Waals surface area contributed by atoms with E-state index >= 15 is 0 Å². The summed E-state index contributed by atoms with van der Waals surface area (Å²) in [6, 6.07) is 13.5. The molecule has 0 N–H and O–H groups in total. The van der Waals surface area contributed by atoms with Crippen LogP contribution in [0.5, 0.6) is 5.75 Å². The minimum Gasteiger partial charge on any atom is -0.487 e. The standard InChI is InChI=1S/C21H19NO5S/c1-14-22-18(13-28-14)12-26-19-8-6-16(7-9-19)21(24)27-11-15-4-3-5-17(10-15)20(23)25-2/h3-10,13H,11-12H2,1-2H3. The van der Waals surface area contributed by atoms with Crippen LogP contribution in [0.25, 0.3) is 0 Å². The number of hydrogen-bond donors (Lipinski definition) is 0. The Balaban J connectivity index is 1.54. The van der Waals surface area contributed by atoms with Crippen molar-refractivity contribution in [1.82, 2.24) is 4.98 Å². The largest absolute Gasteiger partial charge is 0.487 e. The number of nitrogens with zero attached hydrogens (tertiary/aromatic N) is 1. The Morgan fingerprint density at radius 2 is 1.79 bits per heavy atom. The summed E-state index contributed by atoms with van der Waals surface area (Å²) in [5.41, 5.74) is 2.41. The minimum atomic E-state index is -0.454. The Bertz CT molecular complexity index is 965. The van der Waals surface area contributed by atoms with E-state index < -0.39 is 11.9 Å². The number of esters is 2. The highest BCUT2D eigenvalue weighted by molar-refractivity contribution is 7.09. The van der Waals surface area contributed by atoms with E-state index in [-0.39, 0.29) is 6.61 Å². The lowest BCUT2D eigenvalue weighted by Gasteiger charge is -2.08. The summed E-state index contributed by atoms with van der Waals surface area (Å²) in [6.45, 7) is 2.38. The first-order valence-corrected chi connectivity index (χ1v) is 9.41. The van der Waals surface area contributed by atoms with Crippen molar-refractivity contribution < 1.29 is 23.8 Å². The summed E-state index contributed by atoms with van der Waals surface area (Å²) in [6.07, 6.45) is 0. The van der Waals surface area contributed by atoms with Crippen LogP contribution < -0.4 is 4.74 Å². The van der Waals surface area contributed by atoms with Crippen LogP contribution >= 0.6 is 11.3 Å². The molecule has 0 aliphatic rings. The van der Waals surface area contributed by atoms with Gasteiger partial charge in [-0.15, -0.1) is 11.3 Å². The molecule has 0 saturated heterocycles. The molecule has 3 rings (SSSR count). The number of rotatable bonds is 7. The molecule has 28 heavy (non-hydrogen) atoms. The van der Waals surface area contributed by atoms with Crippen LogP contribution in [0, 0.1) is 6.92 Å². The van der Waals surface area contributed by atoms with Crippen LogP contribution in [0.2, 0.25) is 0 Å². The lowest BCUT2D eigenvalue weighted by atomic mass is 10.1. The highest BCUT2D eigenvalue weighted by Gasteiger charge is 2.10. The molecule has 0 aliphatic heterocycles. The molecule has 0 atom stereocenters. The SMILES string of the molecule is COC(=O)c1cccc(COC(=O)c2ccc(OCc3csc(C)n3)cc2)c1. The number of thiazole rings is 1. The first kappa shape index (κ1) is 19.6. The molecule has 6 nitrogen and oxygen atoms in total. The predicted molar refractivity (Wildman–Crippen MR) is 105 cm³/mol. The number of carbonyl (C=O) groups is 2. The fourth-order valence-corrected chi connectivity index (χ4v) is 3.05. The van der Waals surface area contributed by atoms with Gasteiger partial charge in [0.1, 0.15) is 19.0 Å². The summed E-state index contributed by atoms with van der Waals surface area (Å²) < 4.78 is 15.7. The van der Waals surface area contributed by atoms with E-state index in [1.807, 2.05) is 12.3 Å². The van der Waals surface area contributed by atoms with Gasteiger partial charge in [0, 0.05) is 5.38 Å². The molecular formula is C21H19NO5S. The minimum absolute atomic E-state index is 0.0606. The maximum atomic E-state index is 12.2. The number of ether oxygens (including phenoxy) is 3. The predicted octanol–water partition coefficient (Wildman–Crippen LogP) is 4.17. The molecule has 0 bridgehead atoms. The second kappa shape index (κ2) is 9.14. The molecular weight excluding hydrogens is 378 g/mol. The van der Waals surface area contributed by atoms with E-state index in [1.165, 1.54) is 7.11 Å². The quantitative estimate of drug-likeness (QED) is 0.557. The molecule has 3 aromatic rings. The third-order valence-electron chi connectivity index (χ3n) is 3.86. The number of aryl methyl sites for hydroxylation is 1. The van der Waals surface area contributed by atoms with Gasteiger partial charge in [-0.1, -0.05) is 12.1 Å². The van der Waals surface area contributed by atoms with Crippen LogP contribution in [0.4, 0.5) is 0 Å². The second-order valence-corrected chi connectivity index (χ2v) is 7.00. The normalized spacial score (nSPS) is 10.4. The van der Waals surface area contributed by atoms with Crippen molar-refractivity contribution in [1.29, 1.82) is 0 Å². The molecule has 1 aromatic heterocycles. The zero-order chi connectivity index (χ0) is 19.9. The Hall–Kier alpha value is -3.19. The van der Waals surface area contributed by atoms with Crippen molar-refractivity contribution in [2.24, 2.45) is 0 Å². The molecule has 7 heteroatoms. The Morgan fingerprint density at radius 3 is 2.46 bits per heavy atom. The summed E-state index contributed by atoms with van der Waals surface area (Å²) in [5.74, 6) is -0.241. The van der Waals surface area contributed by atoms with Crippen molar-refractivity contribution in [3.05, 3.63) is 81.3 Å². The van der Waals surface area contributed by atoms with E-state index in [0.29, 0.717) is 29.0 Å². The van der Waals surface area contributed by atoms with E-state index in [4.69, 9.17) is 9.47 Å². The molecule has 0 unspecified atom stereocenters. The number of benzene rings is 2. The van der Waals surface area contributed by atoms with Crippen molar-refractivity contribution >= 4 is 23.3 Å². The molecule has 2 aromatic carbocycles. The molecule has 144 valence electrons. The van der Waals surface area contributed by atoms with Gasteiger partial charge in [0.05, 0.1) is 28.9 Å². The van der Waals surface area contributed by atoms with Gasteiger partial charge in [0.15, 0.2) is 0 Å². The Morgan fingerprint density at radius 1 is 1.00 bits per heavy atom. The van der Waals surface area contributed by atoms with Gasteiger partial charge in [0.2, 0.25) is 0 Å². The fraction of sp³-hybridized carbons (Fsp3) is 0.190. The average molecular weight is 397 g/mol. The molecule has 0 spiro atoms. The van der Waals surface area contributed by atoms with Crippen LogP contribution in [-0.4, -0.2) is 24.0 Å². The average Bonchev–Trinajstić information content (AvgIpc) is 3.15. The van der Waals surface area contributed by atoms with Crippen LogP contribution in [0.15, 0.2) is 53.9 Å². The first-order valence-electron chi connectivity index (χ1n) is 8.53. The van der Waals surface area contributed by atoms with Crippen molar-refractivity contribution in [2.75, 3.05) is 7.11 Å². The summed E-state index contributed by atoms with van der Waals surface area (Å²) >= 11 is 1.58. The number of carbonyl (C=O) groups excluding carboxylic acids is 2. The van der Waals surface area contributed by atoms with Gasteiger partial charge < -0.3 is 14.2 Å². The van der Waals surface area contributed by atoms with E-state index in [1.54, 1.807) is 59.9 Å². The number of methoxy groups -OCH3 is 1. The Kier molecular flexibility index (Phi) is 6.39. The van der Waals surface area contributed by atoms with Crippen LogP contribution in [0.1, 0.15) is 37.0 Å². The number of hydrogen-bond acceptors (Lipinski definition) is 7. The van der Waals surface area contributed by atoms with Gasteiger partial charge >= 0.3 is 11.9 Å². The Labute approximate surface area is 166 Å². The highest BCUT2D eigenvalue weighted by atomic mass is 32.1. The fourth-order valence-electron chi connectivity index (χ4n) is 2.46. The van der Waals surface area contributed by atoms with Crippen molar-refractivity contribution in [3.8, 4) is 5.75 Å². The zero-order valence-electron chi connectivity index (χ0n) is 15.5. The molecule has 0 amide bonds. The highest BCUT2D eigenvalue weighted by Crippen LogP contribution is 2.17. The topological polar surface area (TPSA) is 74.7 Å². The monoisotopic (exact) mass is 397 g/mol. The molecule has 0 aliphatic carbocycles. The van der Waals surface area contributed by atoms with Crippen molar-refractivity contribution in [2.45, 2.75) is 20.1 Å². The molecule has 0 fully saturated rings.